The summed E-state index contributed by atoms with van der Waals surface area (Å²) in [5.41, 5.74) is 1.44. The van der Waals surface area contributed by atoms with Crippen molar-refractivity contribution in [3.05, 3.63) is 63.1 Å². The summed E-state index contributed by atoms with van der Waals surface area (Å²) >= 11 is 3.34. The van der Waals surface area contributed by atoms with Crippen LogP contribution >= 0.6 is 15.9 Å². The molecule has 2 rings (SSSR count). The second kappa shape index (κ2) is 6.29. The summed E-state index contributed by atoms with van der Waals surface area (Å²) < 4.78 is 0.706. The molecule has 2 aromatic carbocycles. The Kier molecular flexibility index (Phi) is 4.47. The molecule has 0 spiro atoms. The van der Waals surface area contributed by atoms with Crippen LogP contribution in [0.25, 0.3) is 0 Å². The van der Waals surface area contributed by atoms with E-state index in [1.807, 2.05) is 30.3 Å². The maximum atomic E-state index is 10.8. The fourth-order valence-electron chi connectivity index (χ4n) is 1.64. The third-order valence-electron chi connectivity index (χ3n) is 2.53. The number of amidine groups is 1. The number of hydrogen-bond donors (Lipinski definition) is 1. The third kappa shape index (κ3) is 3.64. The quantitative estimate of drug-likeness (QED) is 0.388. The van der Waals surface area contributed by atoms with Gasteiger partial charge in [0.15, 0.2) is 0 Å². The van der Waals surface area contributed by atoms with E-state index in [0.29, 0.717) is 16.0 Å². The van der Waals surface area contributed by atoms with Crippen LogP contribution in [0, 0.1) is 10.1 Å². The summed E-state index contributed by atoms with van der Waals surface area (Å²) in [5.74, 6) is 0.650. The topological polar surface area (TPSA) is 67.5 Å². The van der Waals surface area contributed by atoms with Crippen molar-refractivity contribution in [2.24, 2.45) is 4.99 Å². The van der Waals surface area contributed by atoms with Crippen molar-refractivity contribution in [3.8, 4) is 0 Å². The summed E-state index contributed by atoms with van der Waals surface area (Å²) in [7, 11) is 0. The van der Waals surface area contributed by atoms with Crippen molar-refractivity contribution in [1.29, 1.82) is 0 Å². The average molecular weight is 334 g/mol. The number of halogens is 1. The van der Waals surface area contributed by atoms with Gasteiger partial charge in [-0.3, -0.25) is 10.1 Å². The van der Waals surface area contributed by atoms with E-state index in [-0.39, 0.29) is 5.69 Å². The van der Waals surface area contributed by atoms with E-state index in [4.69, 9.17) is 0 Å². The minimum atomic E-state index is -0.439. The lowest BCUT2D eigenvalue weighted by molar-refractivity contribution is -0.384. The first-order valence-electron chi connectivity index (χ1n) is 5.87. The fraction of sp³-hybridized carbons (Fsp3) is 0.0714. The average Bonchev–Trinajstić information content (AvgIpc) is 2.42. The SMILES string of the molecule is CC(=Nc1cc([N+](=O)[O-])ccc1Br)Nc1ccccc1. The monoisotopic (exact) mass is 333 g/mol. The minimum Gasteiger partial charge on any atom is -0.344 e. The lowest BCUT2D eigenvalue weighted by atomic mass is 10.3. The van der Waals surface area contributed by atoms with Gasteiger partial charge in [-0.2, -0.15) is 0 Å². The van der Waals surface area contributed by atoms with Gasteiger partial charge < -0.3 is 5.32 Å². The van der Waals surface area contributed by atoms with E-state index in [9.17, 15) is 10.1 Å². The molecule has 0 radical (unpaired) electrons. The Morgan fingerprint density at radius 2 is 1.95 bits per heavy atom. The molecule has 0 heterocycles. The first kappa shape index (κ1) is 14.2. The van der Waals surface area contributed by atoms with Gasteiger partial charge in [-0.1, -0.05) is 18.2 Å². The van der Waals surface area contributed by atoms with Crippen molar-refractivity contribution in [3.63, 3.8) is 0 Å². The molecule has 5 nitrogen and oxygen atoms in total. The molecule has 2 aromatic rings. The van der Waals surface area contributed by atoms with E-state index in [1.165, 1.54) is 12.1 Å². The van der Waals surface area contributed by atoms with Crippen molar-refractivity contribution in [2.45, 2.75) is 6.92 Å². The van der Waals surface area contributed by atoms with Gasteiger partial charge in [-0.05, 0) is 41.1 Å². The Balaban J connectivity index is 2.25. The Hall–Kier alpha value is -2.21. The molecule has 0 amide bonds. The number of nitro benzene ring substituents is 1. The molecule has 0 atom stereocenters. The van der Waals surface area contributed by atoms with Gasteiger partial charge in [0.1, 0.15) is 5.84 Å². The molecule has 0 aliphatic rings. The standard InChI is InChI=1S/C14H12BrN3O2/c1-10(16-11-5-3-2-4-6-11)17-14-9-12(18(19)20)7-8-13(14)15/h2-9H,1H3,(H,16,17). The molecule has 0 unspecified atom stereocenters. The highest BCUT2D eigenvalue weighted by Gasteiger charge is 2.09. The van der Waals surface area contributed by atoms with E-state index in [2.05, 4.69) is 26.2 Å². The van der Waals surface area contributed by atoms with Crippen LogP contribution in [0.2, 0.25) is 0 Å². The molecule has 0 saturated carbocycles. The van der Waals surface area contributed by atoms with E-state index in [0.717, 1.165) is 5.69 Å². The van der Waals surface area contributed by atoms with Crippen LogP contribution in [0.15, 0.2) is 58.0 Å². The maximum Gasteiger partial charge on any atom is 0.271 e. The number of hydrogen-bond acceptors (Lipinski definition) is 3. The Morgan fingerprint density at radius 3 is 2.60 bits per heavy atom. The van der Waals surface area contributed by atoms with Crippen LogP contribution < -0.4 is 5.32 Å². The molecule has 102 valence electrons. The highest BCUT2D eigenvalue weighted by Crippen LogP contribution is 2.29. The van der Waals surface area contributed by atoms with Gasteiger partial charge >= 0.3 is 0 Å². The molecule has 0 bridgehead atoms. The smallest absolute Gasteiger partial charge is 0.271 e. The van der Waals surface area contributed by atoms with Gasteiger partial charge in [-0.15, -0.1) is 0 Å². The van der Waals surface area contributed by atoms with Crippen LogP contribution in [0.5, 0.6) is 0 Å². The molecule has 0 aromatic heterocycles. The number of aliphatic imine (C=N–C) groups is 1. The molecule has 20 heavy (non-hydrogen) atoms. The Bertz CT molecular complexity index is 657. The number of benzene rings is 2. The third-order valence-corrected chi connectivity index (χ3v) is 3.20. The molecule has 0 aliphatic carbocycles. The largest absolute Gasteiger partial charge is 0.344 e. The van der Waals surface area contributed by atoms with E-state index < -0.39 is 4.92 Å². The summed E-state index contributed by atoms with van der Waals surface area (Å²) in [5, 5.41) is 13.9. The number of rotatable bonds is 3. The highest BCUT2D eigenvalue weighted by atomic mass is 79.9. The van der Waals surface area contributed by atoms with Gasteiger partial charge in [0, 0.05) is 22.3 Å². The Labute approximate surface area is 124 Å². The summed E-state index contributed by atoms with van der Waals surface area (Å²) in [6.45, 7) is 1.80. The zero-order valence-corrected chi connectivity index (χ0v) is 12.3. The van der Waals surface area contributed by atoms with Gasteiger partial charge in [0.05, 0.1) is 10.6 Å². The number of non-ortho nitro benzene ring substituents is 1. The van der Waals surface area contributed by atoms with Crippen LogP contribution in [-0.4, -0.2) is 10.8 Å². The number of anilines is 1. The summed E-state index contributed by atoms with van der Waals surface area (Å²) in [6.07, 6.45) is 0. The van der Waals surface area contributed by atoms with Crippen molar-refractivity contribution < 1.29 is 4.92 Å². The predicted octanol–water partition coefficient (Wildman–Crippen LogP) is 4.52. The van der Waals surface area contributed by atoms with Gasteiger partial charge in [0.2, 0.25) is 0 Å². The fourth-order valence-corrected chi connectivity index (χ4v) is 1.97. The van der Waals surface area contributed by atoms with Crippen LogP contribution in [-0.2, 0) is 0 Å². The minimum absolute atomic E-state index is 0.0134. The van der Waals surface area contributed by atoms with Gasteiger partial charge in [-0.25, -0.2) is 4.99 Å². The van der Waals surface area contributed by atoms with Crippen molar-refractivity contribution >= 4 is 38.8 Å². The molecular formula is C14H12BrN3O2. The molecule has 6 heteroatoms. The predicted molar refractivity (Wildman–Crippen MR) is 83.6 cm³/mol. The summed E-state index contributed by atoms with van der Waals surface area (Å²) in [4.78, 5) is 14.7. The zero-order valence-electron chi connectivity index (χ0n) is 10.7. The van der Waals surface area contributed by atoms with Crippen LogP contribution in [0.3, 0.4) is 0 Å². The van der Waals surface area contributed by atoms with Crippen LogP contribution in [0.1, 0.15) is 6.92 Å². The number of nitrogens with one attached hydrogen (secondary N) is 1. The summed E-state index contributed by atoms with van der Waals surface area (Å²) in [6, 6.07) is 14.1. The molecule has 1 N–H and O–H groups in total. The van der Waals surface area contributed by atoms with E-state index in [1.54, 1.807) is 13.0 Å². The van der Waals surface area contributed by atoms with E-state index >= 15 is 0 Å². The normalized spacial score (nSPS) is 11.2. The molecule has 0 saturated heterocycles. The second-order valence-electron chi connectivity index (χ2n) is 4.08. The number of nitrogens with zero attached hydrogens (tertiary/aromatic N) is 2. The Morgan fingerprint density at radius 1 is 1.25 bits per heavy atom. The first-order valence-corrected chi connectivity index (χ1v) is 6.67. The molecule has 0 fully saturated rings. The zero-order chi connectivity index (χ0) is 14.5. The van der Waals surface area contributed by atoms with Crippen molar-refractivity contribution in [1.82, 2.24) is 0 Å². The first-order chi connectivity index (χ1) is 9.56. The lowest BCUT2D eigenvalue weighted by Gasteiger charge is -2.06. The molecule has 0 aliphatic heterocycles. The van der Waals surface area contributed by atoms with Crippen LogP contribution in [0.4, 0.5) is 17.1 Å². The van der Waals surface area contributed by atoms with Gasteiger partial charge in [0.25, 0.3) is 5.69 Å². The highest BCUT2D eigenvalue weighted by molar-refractivity contribution is 9.10. The lowest BCUT2D eigenvalue weighted by Crippen LogP contribution is -2.06. The van der Waals surface area contributed by atoms with Crippen molar-refractivity contribution in [2.75, 3.05) is 5.32 Å². The maximum absolute atomic E-state index is 10.8. The molecular weight excluding hydrogens is 322 g/mol. The number of para-hydroxylation sites is 1. The second-order valence-corrected chi connectivity index (χ2v) is 4.94. The number of nitro groups is 1.